The normalized spacial score (nSPS) is 10.8. The van der Waals surface area contributed by atoms with E-state index >= 15 is 0 Å². The van der Waals surface area contributed by atoms with Crippen LogP contribution in [-0.2, 0) is 17.8 Å². The van der Waals surface area contributed by atoms with Crippen LogP contribution in [0.2, 0.25) is 5.02 Å². The van der Waals surface area contributed by atoms with E-state index in [0.29, 0.717) is 23.1 Å². The number of rotatable bonds is 8. The van der Waals surface area contributed by atoms with Crippen LogP contribution in [0.3, 0.4) is 0 Å². The van der Waals surface area contributed by atoms with Gasteiger partial charge in [0.2, 0.25) is 5.91 Å². The maximum atomic E-state index is 12.0. The van der Waals surface area contributed by atoms with Gasteiger partial charge >= 0.3 is 0 Å². The van der Waals surface area contributed by atoms with Crippen LogP contribution in [0.15, 0.2) is 76.3 Å². The van der Waals surface area contributed by atoms with Gasteiger partial charge in [-0.05, 0) is 47.5 Å². The first-order chi connectivity index (χ1) is 14.5. The summed E-state index contributed by atoms with van der Waals surface area (Å²) in [5.41, 5.74) is 5.10. The van der Waals surface area contributed by atoms with Crippen LogP contribution < -0.4 is 14.9 Å². The Bertz CT molecular complexity index is 1040. The molecule has 0 saturated carbocycles. The lowest BCUT2D eigenvalue weighted by Gasteiger charge is -2.12. The third-order valence-electron chi connectivity index (χ3n) is 4.21. The van der Waals surface area contributed by atoms with Crippen molar-refractivity contribution >= 4 is 39.7 Å². The van der Waals surface area contributed by atoms with Gasteiger partial charge in [0.25, 0.3) is 0 Å². The van der Waals surface area contributed by atoms with E-state index in [1.807, 2.05) is 54.6 Å². The standard InChI is InChI=1S/C23H20BrClN2O3/c1-29-22-12-17(8-11-21(22)30-15-18-4-2-3-5-20(18)25)14-26-27-23(28)13-16-6-9-19(24)10-7-16/h2-12,14H,13,15H2,1H3,(H,27,28)/b26-14+. The van der Waals surface area contributed by atoms with E-state index < -0.39 is 0 Å². The molecule has 0 unspecified atom stereocenters. The lowest BCUT2D eigenvalue weighted by atomic mass is 10.1. The zero-order valence-electron chi connectivity index (χ0n) is 16.3. The first-order valence-corrected chi connectivity index (χ1v) is 10.3. The molecule has 0 atom stereocenters. The van der Waals surface area contributed by atoms with Crippen molar-refractivity contribution in [2.45, 2.75) is 13.0 Å². The van der Waals surface area contributed by atoms with E-state index in [1.54, 1.807) is 25.5 Å². The molecule has 3 aromatic rings. The Morgan fingerprint density at radius 1 is 1.10 bits per heavy atom. The van der Waals surface area contributed by atoms with Crippen LogP contribution in [0.25, 0.3) is 0 Å². The topological polar surface area (TPSA) is 59.9 Å². The molecular formula is C23H20BrClN2O3. The van der Waals surface area contributed by atoms with Crippen LogP contribution in [-0.4, -0.2) is 19.2 Å². The fraction of sp³-hybridized carbons (Fsp3) is 0.130. The molecule has 1 amide bonds. The second-order valence-corrected chi connectivity index (χ2v) is 7.71. The van der Waals surface area contributed by atoms with E-state index in [1.165, 1.54) is 0 Å². The maximum Gasteiger partial charge on any atom is 0.244 e. The number of benzene rings is 3. The highest BCUT2D eigenvalue weighted by molar-refractivity contribution is 9.10. The van der Waals surface area contributed by atoms with Gasteiger partial charge in [-0.2, -0.15) is 5.10 Å². The molecule has 3 rings (SSSR count). The molecule has 0 radical (unpaired) electrons. The highest BCUT2D eigenvalue weighted by Crippen LogP contribution is 2.29. The summed E-state index contributed by atoms with van der Waals surface area (Å²) < 4.78 is 12.2. The van der Waals surface area contributed by atoms with E-state index in [2.05, 4.69) is 26.5 Å². The fourth-order valence-electron chi connectivity index (χ4n) is 2.66. The number of hydrogen-bond donors (Lipinski definition) is 1. The van der Waals surface area contributed by atoms with Crippen molar-refractivity contribution in [1.29, 1.82) is 0 Å². The lowest BCUT2D eigenvalue weighted by molar-refractivity contribution is -0.120. The maximum absolute atomic E-state index is 12.0. The van der Waals surface area contributed by atoms with E-state index in [4.69, 9.17) is 21.1 Å². The third kappa shape index (κ3) is 6.34. The van der Waals surface area contributed by atoms with Gasteiger partial charge in [0.1, 0.15) is 6.61 Å². The molecule has 154 valence electrons. The molecule has 3 aromatic carbocycles. The monoisotopic (exact) mass is 486 g/mol. The zero-order chi connectivity index (χ0) is 21.3. The van der Waals surface area contributed by atoms with Crippen molar-refractivity contribution in [1.82, 2.24) is 5.43 Å². The number of methoxy groups -OCH3 is 1. The van der Waals surface area contributed by atoms with Crippen LogP contribution in [0.4, 0.5) is 0 Å². The van der Waals surface area contributed by atoms with Crippen molar-refractivity contribution in [3.05, 3.63) is 92.9 Å². The Morgan fingerprint density at radius 3 is 2.60 bits per heavy atom. The Morgan fingerprint density at radius 2 is 1.87 bits per heavy atom. The average molecular weight is 488 g/mol. The SMILES string of the molecule is COc1cc(/C=N/NC(=O)Cc2ccc(Br)cc2)ccc1OCc1ccccc1Cl. The molecule has 0 heterocycles. The van der Waals surface area contributed by atoms with Crippen molar-refractivity contribution in [2.75, 3.05) is 7.11 Å². The summed E-state index contributed by atoms with van der Waals surface area (Å²) >= 11 is 9.54. The van der Waals surface area contributed by atoms with Crippen molar-refractivity contribution in [3.8, 4) is 11.5 Å². The molecule has 1 N–H and O–H groups in total. The quantitative estimate of drug-likeness (QED) is 0.343. The summed E-state index contributed by atoms with van der Waals surface area (Å²) in [6.07, 6.45) is 1.81. The summed E-state index contributed by atoms with van der Waals surface area (Å²) in [5, 5.41) is 4.67. The van der Waals surface area contributed by atoms with Gasteiger partial charge in [-0.3, -0.25) is 4.79 Å². The second-order valence-electron chi connectivity index (χ2n) is 6.39. The first-order valence-electron chi connectivity index (χ1n) is 9.16. The predicted molar refractivity (Wildman–Crippen MR) is 122 cm³/mol. The molecule has 0 fully saturated rings. The van der Waals surface area contributed by atoms with Gasteiger partial charge < -0.3 is 9.47 Å². The van der Waals surface area contributed by atoms with Gasteiger partial charge in [0.05, 0.1) is 19.7 Å². The molecule has 0 aliphatic heterocycles. The van der Waals surface area contributed by atoms with E-state index in [0.717, 1.165) is 21.2 Å². The number of amides is 1. The van der Waals surface area contributed by atoms with Crippen molar-refractivity contribution in [3.63, 3.8) is 0 Å². The largest absolute Gasteiger partial charge is 0.493 e. The minimum atomic E-state index is -0.194. The molecule has 30 heavy (non-hydrogen) atoms. The Balaban J connectivity index is 1.57. The van der Waals surface area contributed by atoms with Gasteiger partial charge in [0, 0.05) is 15.1 Å². The lowest BCUT2D eigenvalue weighted by Crippen LogP contribution is -2.19. The summed E-state index contributed by atoms with van der Waals surface area (Å²) in [7, 11) is 1.57. The number of halogens is 2. The summed E-state index contributed by atoms with van der Waals surface area (Å²) in [6, 6.07) is 20.5. The van der Waals surface area contributed by atoms with Crippen LogP contribution >= 0.6 is 27.5 Å². The van der Waals surface area contributed by atoms with Crippen LogP contribution in [0.5, 0.6) is 11.5 Å². The van der Waals surface area contributed by atoms with Crippen LogP contribution in [0, 0.1) is 0 Å². The van der Waals surface area contributed by atoms with Gasteiger partial charge in [-0.1, -0.05) is 57.9 Å². The number of carbonyl (C=O) groups is 1. The third-order valence-corrected chi connectivity index (χ3v) is 5.11. The zero-order valence-corrected chi connectivity index (χ0v) is 18.6. The number of ether oxygens (including phenoxy) is 2. The van der Waals surface area contributed by atoms with Gasteiger partial charge in [-0.25, -0.2) is 5.43 Å². The van der Waals surface area contributed by atoms with Gasteiger partial charge in [0.15, 0.2) is 11.5 Å². The second kappa shape index (κ2) is 10.8. The van der Waals surface area contributed by atoms with Crippen molar-refractivity contribution in [2.24, 2.45) is 5.10 Å². The Labute approximate surface area is 188 Å². The van der Waals surface area contributed by atoms with E-state index in [9.17, 15) is 4.79 Å². The summed E-state index contributed by atoms with van der Waals surface area (Å²) in [6.45, 7) is 0.329. The number of carbonyl (C=O) groups excluding carboxylic acids is 1. The molecule has 0 aromatic heterocycles. The highest BCUT2D eigenvalue weighted by Gasteiger charge is 2.07. The minimum absolute atomic E-state index is 0.194. The molecule has 0 aliphatic rings. The number of hydrogen-bond acceptors (Lipinski definition) is 4. The van der Waals surface area contributed by atoms with Crippen molar-refractivity contribution < 1.29 is 14.3 Å². The molecule has 0 aliphatic carbocycles. The molecule has 5 nitrogen and oxygen atoms in total. The molecular weight excluding hydrogens is 468 g/mol. The Kier molecular flexibility index (Phi) is 7.88. The van der Waals surface area contributed by atoms with E-state index in [-0.39, 0.29) is 12.3 Å². The summed E-state index contributed by atoms with van der Waals surface area (Å²) in [4.78, 5) is 12.0. The molecule has 0 spiro atoms. The first kappa shape index (κ1) is 21.9. The smallest absolute Gasteiger partial charge is 0.244 e. The van der Waals surface area contributed by atoms with Crippen LogP contribution in [0.1, 0.15) is 16.7 Å². The summed E-state index contributed by atoms with van der Waals surface area (Å²) in [5.74, 6) is 0.960. The average Bonchev–Trinajstić information content (AvgIpc) is 2.75. The minimum Gasteiger partial charge on any atom is -0.493 e. The van der Waals surface area contributed by atoms with Gasteiger partial charge in [-0.15, -0.1) is 0 Å². The number of nitrogens with one attached hydrogen (secondary N) is 1. The molecule has 0 saturated heterocycles. The number of nitrogens with zero attached hydrogens (tertiary/aromatic N) is 1. The number of hydrazone groups is 1. The fourth-order valence-corrected chi connectivity index (χ4v) is 3.12. The predicted octanol–water partition coefficient (Wildman–Crippen LogP) is 5.38. The highest BCUT2D eigenvalue weighted by atomic mass is 79.9. The molecule has 7 heteroatoms. The Hall–Kier alpha value is -2.83. The molecule has 0 bridgehead atoms.